The van der Waals surface area contributed by atoms with Gasteiger partial charge in [0.2, 0.25) is 0 Å². The molecule has 0 fully saturated rings. The predicted molar refractivity (Wildman–Crippen MR) is 60.4 cm³/mol. The summed E-state index contributed by atoms with van der Waals surface area (Å²) in [6.07, 6.45) is 1.40. The van der Waals surface area contributed by atoms with E-state index in [0.29, 0.717) is 6.42 Å². The first-order chi connectivity index (χ1) is 6.74. The van der Waals surface area contributed by atoms with E-state index < -0.39 is 0 Å². The molecule has 2 aromatic rings. The zero-order valence-corrected chi connectivity index (χ0v) is 9.41. The highest BCUT2D eigenvalue weighted by Crippen LogP contribution is 2.26. The molecule has 0 atom stereocenters. The van der Waals surface area contributed by atoms with E-state index in [-0.39, 0.29) is 0 Å². The molecule has 0 saturated heterocycles. The number of carbonyl (C=O) groups excluding carboxylic acids is 1. The number of nitrogens with zero attached hydrogens (tertiary/aromatic N) is 1. The third-order valence-corrected chi connectivity index (χ3v) is 3.12. The van der Waals surface area contributed by atoms with E-state index in [1.54, 1.807) is 0 Å². The number of fused-ring (bicyclic) bond motifs is 1. The summed E-state index contributed by atoms with van der Waals surface area (Å²) in [6, 6.07) is 8.10. The average Bonchev–Trinajstić information content (AvgIpc) is 2.48. The number of hydrogen-bond acceptors (Lipinski definition) is 1. The van der Waals surface area contributed by atoms with Gasteiger partial charge in [-0.15, -0.1) is 0 Å². The fraction of sp³-hybridized carbons (Fsp3) is 0.182. The summed E-state index contributed by atoms with van der Waals surface area (Å²) in [4.78, 5) is 10.5. The van der Waals surface area contributed by atoms with Gasteiger partial charge in [-0.25, -0.2) is 0 Å². The summed E-state index contributed by atoms with van der Waals surface area (Å²) in [6.45, 7) is 0. The van der Waals surface area contributed by atoms with Gasteiger partial charge in [-0.3, -0.25) is 0 Å². The molecular formula is C11H10BrNO. The molecule has 0 aliphatic carbocycles. The molecule has 3 heteroatoms. The SMILES string of the molecule is Cn1c(CC=O)cc2c(Br)cccc21. The van der Waals surface area contributed by atoms with E-state index in [1.165, 1.54) is 0 Å². The van der Waals surface area contributed by atoms with Gasteiger partial charge in [0, 0.05) is 34.5 Å². The topological polar surface area (TPSA) is 22.0 Å². The van der Waals surface area contributed by atoms with Crippen molar-refractivity contribution in [1.29, 1.82) is 0 Å². The maximum absolute atomic E-state index is 10.5. The van der Waals surface area contributed by atoms with Crippen LogP contribution < -0.4 is 0 Å². The van der Waals surface area contributed by atoms with E-state index >= 15 is 0 Å². The molecule has 0 aliphatic rings. The van der Waals surface area contributed by atoms with Gasteiger partial charge in [0.05, 0.1) is 0 Å². The Morgan fingerprint density at radius 3 is 2.93 bits per heavy atom. The standard InChI is InChI=1S/C11H10BrNO/c1-13-8(5-6-14)7-9-10(12)3-2-4-11(9)13/h2-4,6-7H,5H2,1H3. The minimum absolute atomic E-state index is 0.470. The van der Waals surface area contributed by atoms with Gasteiger partial charge in [-0.2, -0.15) is 0 Å². The van der Waals surface area contributed by atoms with Crippen LogP contribution >= 0.6 is 15.9 Å². The summed E-state index contributed by atoms with van der Waals surface area (Å²) in [5.74, 6) is 0. The summed E-state index contributed by atoms with van der Waals surface area (Å²) in [7, 11) is 1.98. The van der Waals surface area contributed by atoms with E-state index in [1.807, 2.05) is 31.3 Å². The van der Waals surface area contributed by atoms with Crippen molar-refractivity contribution in [3.8, 4) is 0 Å². The zero-order valence-electron chi connectivity index (χ0n) is 7.83. The van der Waals surface area contributed by atoms with Crippen LogP contribution in [0.4, 0.5) is 0 Å². The average molecular weight is 252 g/mol. The summed E-state index contributed by atoms with van der Waals surface area (Å²) >= 11 is 3.49. The molecule has 0 saturated carbocycles. The molecule has 1 heterocycles. The van der Waals surface area contributed by atoms with Gasteiger partial charge in [0.15, 0.2) is 0 Å². The number of rotatable bonds is 2. The lowest BCUT2D eigenvalue weighted by molar-refractivity contribution is -0.107. The molecule has 1 aromatic heterocycles. The van der Waals surface area contributed by atoms with Crippen LogP contribution in [0.25, 0.3) is 10.9 Å². The number of carbonyl (C=O) groups is 1. The van der Waals surface area contributed by atoms with Crippen molar-refractivity contribution in [3.05, 3.63) is 34.4 Å². The molecule has 2 rings (SSSR count). The third-order valence-electron chi connectivity index (χ3n) is 2.43. The monoisotopic (exact) mass is 251 g/mol. The number of hydrogen-bond donors (Lipinski definition) is 0. The van der Waals surface area contributed by atoms with Crippen molar-refractivity contribution in [1.82, 2.24) is 4.57 Å². The lowest BCUT2D eigenvalue weighted by Crippen LogP contribution is -1.95. The van der Waals surface area contributed by atoms with Crippen LogP contribution in [0.2, 0.25) is 0 Å². The molecule has 14 heavy (non-hydrogen) atoms. The molecule has 0 amide bonds. The van der Waals surface area contributed by atoms with Crippen molar-refractivity contribution in [3.63, 3.8) is 0 Å². The van der Waals surface area contributed by atoms with Crippen LogP contribution in [0.1, 0.15) is 5.69 Å². The molecule has 0 aliphatic heterocycles. The Balaban J connectivity index is 2.72. The van der Waals surface area contributed by atoms with Gasteiger partial charge in [-0.1, -0.05) is 22.0 Å². The van der Waals surface area contributed by atoms with Gasteiger partial charge in [0.1, 0.15) is 6.29 Å². The Morgan fingerprint density at radius 2 is 2.29 bits per heavy atom. The predicted octanol–water partition coefficient (Wildman–Crippen LogP) is 2.68. The van der Waals surface area contributed by atoms with Gasteiger partial charge < -0.3 is 9.36 Å². The first-order valence-corrected chi connectivity index (χ1v) is 5.20. The van der Waals surface area contributed by atoms with Crippen molar-refractivity contribution >= 4 is 33.1 Å². The van der Waals surface area contributed by atoms with Gasteiger partial charge in [0.25, 0.3) is 0 Å². The fourth-order valence-electron chi connectivity index (χ4n) is 1.66. The summed E-state index contributed by atoms with van der Waals surface area (Å²) < 4.78 is 3.12. The van der Waals surface area contributed by atoms with E-state index in [2.05, 4.69) is 20.5 Å². The number of aromatic nitrogens is 1. The molecule has 0 unspecified atom stereocenters. The van der Waals surface area contributed by atoms with Crippen LogP contribution in [0.5, 0.6) is 0 Å². The summed E-state index contributed by atoms with van der Waals surface area (Å²) in [5.41, 5.74) is 2.19. The smallest absolute Gasteiger partial charge is 0.125 e. The van der Waals surface area contributed by atoms with Crippen molar-refractivity contribution in [2.24, 2.45) is 7.05 Å². The fourth-order valence-corrected chi connectivity index (χ4v) is 2.13. The Bertz CT molecular complexity index is 487. The maximum atomic E-state index is 10.5. The second-order valence-corrected chi connectivity index (χ2v) is 4.09. The van der Waals surface area contributed by atoms with Crippen LogP contribution in [0, 0.1) is 0 Å². The Kier molecular flexibility index (Phi) is 2.42. The lowest BCUT2D eigenvalue weighted by Gasteiger charge is -1.99. The van der Waals surface area contributed by atoms with Crippen LogP contribution in [0.15, 0.2) is 28.7 Å². The second kappa shape index (κ2) is 3.58. The highest BCUT2D eigenvalue weighted by molar-refractivity contribution is 9.10. The number of aldehydes is 1. The lowest BCUT2D eigenvalue weighted by atomic mass is 10.2. The molecule has 1 aromatic carbocycles. The second-order valence-electron chi connectivity index (χ2n) is 3.24. The summed E-state index contributed by atoms with van der Waals surface area (Å²) in [5, 5.41) is 1.16. The Morgan fingerprint density at radius 1 is 1.50 bits per heavy atom. The van der Waals surface area contributed by atoms with Gasteiger partial charge >= 0.3 is 0 Å². The largest absolute Gasteiger partial charge is 0.347 e. The molecule has 0 radical (unpaired) electrons. The van der Waals surface area contributed by atoms with Crippen molar-refractivity contribution in [2.45, 2.75) is 6.42 Å². The zero-order chi connectivity index (χ0) is 10.1. The van der Waals surface area contributed by atoms with E-state index in [9.17, 15) is 4.79 Å². The van der Waals surface area contributed by atoms with Gasteiger partial charge in [-0.05, 0) is 18.2 Å². The first-order valence-electron chi connectivity index (χ1n) is 4.40. The normalized spacial score (nSPS) is 10.7. The highest BCUT2D eigenvalue weighted by Gasteiger charge is 2.06. The molecule has 72 valence electrons. The molecular weight excluding hydrogens is 242 g/mol. The number of aryl methyl sites for hydroxylation is 1. The third kappa shape index (κ3) is 1.38. The van der Waals surface area contributed by atoms with Crippen molar-refractivity contribution < 1.29 is 4.79 Å². The Labute approximate surface area is 90.7 Å². The van der Waals surface area contributed by atoms with Crippen LogP contribution in [0.3, 0.4) is 0 Å². The highest BCUT2D eigenvalue weighted by atomic mass is 79.9. The molecule has 0 bridgehead atoms. The van der Waals surface area contributed by atoms with Crippen LogP contribution in [-0.2, 0) is 18.3 Å². The molecule has 0 spiro atoms. The Hall–Kier alpha value is -1.09. The first kappa shape index (κ1) is 9.46. The number of benzene rings is 1. The molecule has 0 N–H and O–H groups in total. The molecule has 2 nitrogen and oxygen atoms in total. The number of halogens is 1. The van der Waals surface area contributed by atoms with Crippen LogP contribution in [-0.4, -0.2) is 10.9 Å². The quantitative estimate of drug-likeness (QED) is 0.753. The maximum Gasteiger partial charge on any atom is 0.125 e. The van der Waals surface area contributed by atoms with E-state index in [0.717, 1.165) is 27.4 Å². The minimum atomic E-state index is 0.470. The van der Waals surface area contributed by atoms with E-state index in [4.69, 9.17) is 0 Å². The minimum Gasteiger partial charge on any atom is -0.347 e. The van der Waals surface area contributed by atoms with Crippen molar-refractivity contribution in [2.75, 3.05) is 0 Å².